The van der Waals surface area contributed by atoms with Gasteiger partial charge in [-0.2, -0.15) is 0 Å². The molecule has 1 nitrogen and oxygen atoms in total. The molecule has 0 saturated carbocycles. The van der Waals surface area contributed by atoms with Gasteiger partial charge in [-0.05, 0) is 39.0 Å². The number of hydrogen-bond donors (Lipinski definition) is 0. The molecule has 0 spiro atoms. The molecule has 0 bridgehead atoms. The first kappa shape index (κ1) is 10.5. The Balaban J connectivity index is 2.75. The number of Topliss-reactive ketones (excluding diaryl/α,β-unsaturated/α-hetero) is 1. The Labute approximate surface area is 81.2 Å². The van der Waals surface area contributed by atoms with Crippen molar-refractivity contribution in [2.75, 3.05) is 0 Å². The van der Waals surface area contributed by atoms with Crippen molar-refractivity contribution in [2.45, 2.75) is 47.0 Å². The second-order valence-electron chi connectivity index (χ2n) is 4.18. The first-order valence-electron chi connectivity index (χ1n) is 5.26. The van der Waals surface area contributed by atoms with E-state index in [1.165, 1.54) is 18.4 Å². The summed E-state index contributed by atoms with van der Waals surface area (Å²) in [4.78, 5) is 11.2. The highest BCUT2D eigenvalue weighted by Gasteiger charge is 2.28. The van der Waals surface area contributed by atoms with Gasteiger partial charge >= 0.3 is 0 Å². The topological polar surface area (TPSA) is 17.1 Å². The molecule has 0 amide bonds. The van der Waals surface area contributed by atoms with Crippen LogP contribution < -0.4 is 0 Å². The standard InChI is InChI=1S/C12H20O/c1-5-11-6-7-12(9(11)3)8(2)10(4)13/h8,12H,5-7H2,1-4H3. The molecule has 0 aromatic carbocycles. The third-order valence-corrected chi connectivity index (χ3v) is 3.54. The van der Waals surface area contributed by atoms with Crippen molar-refractivity contribution in [1.82, 2.24) is 0 Å². The van der Waals surface area contributed by atoms with Crippen molar-refractivity contribution in [3.05, 3.63) is 11.1 Å². The molecule has 13 heavy (non-hydrogen) atoms. The van der Waals surface area contributed by atoms with Gasteiger partial charge in [0.1, 0.15) is 5.78 Å². The summed E-state index contributed by atoms with van der Waals surface area (Å²) in [5, 5.41) is 0. The maximum Gasteiger partial charge on any atom is 0.133 e. The van der Waals surface area contributed by atoms with Crippen LogP contribution in [0.3, 0.4) is 0 Å². The predicted molar refractivity (Wildman–Crippen MR) is 55.6 cm³/mol. The van der Waals surface area contributed by atoms with Gasteiger partial charge in [-0.3, -0.25) is 4.79 Å². The summed E-state index contributed by atoms with van der Waals surface area (Å²) in [6.07, 6.45) is 3.56. The lowest BCUT2D eigenvalue weighted by Crippen LogP contribution is -2.17. The molecule has 0 N–H and O–H groups in total. The van der Waals surface area contributed by atoms with Gasteiger partial charge in [0.25, 0.3) is 0 Å². The van der Waals surface area contributed by atoms with E-state index in [9.17, 15) is 4.79 Å². The smallest absolute Gasteiger partial charge is 0.133 e. The number of ketones is 1. The van der Waals surface area contributed by atoms with Gasteiger partial charge in [-0.15, -0.1) is 0 Å². The lowest BCUT2D eigenvalue weighted by atomic mass is 9.86. The van der Waals surface area contributed by atoms with E-state index in [0.29, 0.717) is 11.7 Å². The van der Waals surface area contributed by atoms with Gasteiger partial charge < -0.3 is 0 Å². The maximum atomic E-state index is 11.2. The molecular weight excluding hydrogens is 160 g/mol. The van der Waals surface area contributed by atoms with Crippen LogP contribution in [-0.4, -0.2) is 5.78 Å². The second-order valence-corrected chi connectivity index (χ2v) is 4.18. The van der Waals surface area contributed by atoms with Crippen LogP contribution in [0.5, 0.6) is 0 Å². The Morgan fingerprint density at radius 3 is 2.62 bits per heavy atom. The Morgan fingerprint density at radius 2 is 2.23 bits per heavy atom. The first-order chi connectivity index (χ1) is 6.07. The van der Waals surface area contributed by atoms with Crippen LogP contribution in [0.2, 0.25) is 0 Å². The Hall–Kier alpha value is -0.590. The quantitative estimate of drug-likeness (QED) is 0.609. The molecule has 0 aliphatic heterocycles. The summed E-state index contributed by atoms with van der Waals surface area (Å²) in [7, 11) is 0. The molecule has 0 fully saturated rings. The van der Waals surface area contributed by atoms with E-state index in [0.717, 1.165) is 6.42 Å². The third-order valence-electron chi connectivity index (χ3n) is 3.54. The van der Waals surface area contributed by atoms with E-state index in [1.807, 2.05) is 0 Å². The summed E-state index contributed by atoms with van der Waals surface area (Å²) in [6, 6.07) is 0. The SMILES string of the molecule is CCC1=C(C)C(C(C)C(C)=O)CC1. The summed E-state index contributed by atoms with van der Waals surface area (Å²) in [5.41, 5.74) is 3.07. The van der Waals surface area contributed by atoms with Crippen molar-refractivity contribution in [3.63, 3.8) is 0 Å². The van der Waals surface area contributed by atoms with Crippen molar-refractivity contribution >= 4 is 5.78 Å². The zero-order chi connectivity index (χ0) is 10.0. The minimum Gasteiger partial charge on any atom is -0.300 e. The minimum atomic E-state index is 0.226. The first-order valence-corrected chi connectivity index (χ1v) is 5.26. The molecular formula is C12H20O. The molecule has 1 aliphatic carbocycles. The normalized spacial score (nSPS) is 25.1. The highest BCUT2D eigenvalue weighted by atomic mass is 16.1. The lowest BCUT2D eigenvalue weighted by Gasteiger charge is -2.17. The molecule has 0 aromatic heterocycles. The molecule has 1 rings (SSSR count). The average Bonchev–Trinajstić information content (AvgIpc) is 2.45. The highest BCUT2D eigenvalue weighted by molar-refractivity contribution is 5.78. The summed E-state index contributed by atoms with van der Waals surface area (Å²) < 4.78 is 0. The van der Waals surface area contributed by atoms with Gasteiger partial charge in [0.2, 0.25) is 0 Å². The number of rotatable bonds is 3. The third kappa shape index (κ3) is 2.01. The van der Waals surface area contributed by atoms with Crippen molar-refractivity contribution < 1.29 is 4.79 Å². The van der Waals surface area contributed by atoms with Crippen LogP contribution in [0.1, 0.15) is 47.0 Å². The largest absolute Gasteiger partial charge is 0.300 e. The van der Waals surface area contributed by atoms with E-state index in [1.54, 1.807) is 12.5 Å². The molecule has 2 unspecified atom stereocenters. The van der Waals surface area contributed by atoms with Crippen LogP contribution in [0.4, 0.5) is 0 Å². The molecule has 0 saturated heterocycles. The molecule has 74 valence electrons. The Bertz CT molecular complexity index is 238. The lowest BCUT2D eigenvalue weighted by molar-refractivity contribution is -0.121. The van der Waals surface area contributed by atoms with Crippen molar-refractivity contribution in [2.24, 2.45) is 11.8 Å². The van der Waals surface area contributed by atoms with Crippen LogP contribution in [0, 0.1) is 11.8 Å². The van der Waals surface area contributed by atoms with E-state index in [4.69, 9.17) is 0 Å². The fourth-order valence-electron chi connectivity index (χ4n) is 2.37. The molecule has 0 heterocycles. The van der Waals surface area contributed by atoms with Crippen molar-refractivity contribution in [3.8, 4) is 0 Å². The van der Waals surface area contributed by atoms with Crippen LogP contribution >= 0.6 is 0 Å². The number of carbonyl (C=O) groups is 1. The highest BCUT2D eigenvalue weighted by Crippen LogP contribution is 2.38. The molecule has 0 aromatic rings. The Morgan fingerprint density at radius 1 is 1.62 bits per heavy atom. The monoisotopic (exact) mass is 180 g/mol. The summed E-state index contributed by atoms with van der Waals surface area (Å²) >= 11 is 0. The summed E-state index contributed by atoms with van der Waals surface area (Å²) in [5.74, 6) is 1.10. The zero-order valence-corrected chi connectivity index (χ0v) is 9.18. The van der Waals surface area contributed by atoms with E-state index < -0.39 is 0 Å². The van der Waals surface area contributed by atoms with Crippen LogP contribution in [0.25, 0.3) is 0 Å². The van der Waals surface area contributed by atoms with Gasteiger partial charge in [-0.1, -0.05) is 25.0 Å². The fraction of sp³-hybridized carbons (Fsp3) is 0.750. The summed E-state index contributed by atoms with van der Waals surface area (Å²) in [6.45, 7) is 8.19. The van der Waals surface area contributed by atoms with Gasteiger partial charge in [0.15, 0.2) is 0 Å². The van der Waals surface area contributed by atoms with Crippen molar-refractivity contribution in [1.29, 1.82) is 0 Å². The molecule has 0 radical (unpaired) electrons. The van der Waals surface area contributed by atoms with Gasteiger partial charge in [0, 0.05) is 5.92 Å². The number of carbonyl (C=O) groups excluding carboxylic acids is 1. The number of hydrogen-bond acceptors (Lipinski definition) is 1. The molecule has 1 aliphatic rings. The van der Waals surface area contributed by atoms with Gasteiger partial charge in [0.05, 0.1) is 0 Å². The minimum absolute atomic E-state index is 0.226. The van der Waals surface area contributed by atoms with E-state index in [2.05, 4.69) is 20.8 Å². The van der Waals surface area contributed by atoms with E-state index in [-0.39, 0.29) is 5.92 Å². The fourth-order valence-corrected chi connectivity index (χ4v) is 2.37. The predicted octanol–water partition coefficient (Wildman–Crippen LogP) is 3.35. The van der Waals surface area contributed by atoms with Gasteiger partial charge in [-0.25, -0.2) is 0 Å². The van der Waals surface area contributed by atoms with Crippen LogP contribution in [-0.2, 0) is 4.79 Å². The van der Waals surface area contributed by atoms with Crippen LogP contribution in [0.15, 0.2) is 11.1 Å². The number of allylic oxidation sites excluding steroid dienone is 2. The second kappa shape index (κ2) is 4.08. The Kier molecular flexibility index (Phi) is 3.29. The zero-order valence-electron chi connectivity index (χ0n) is 9.18. The van der Waals surface area contributed by atoms with E-state index >= 15 is 0 Å². The average molecular weight is 180 g/mol. The molecule has 1 heteroatoms. The maximum absolute atomic E-state index is 11.2. The molecule has 2 atom stereocenters.